The summed E-state index contributed by atoms with van der Waals surface area (Å²) in [6.45, 7) is 0.829. The number of carbonyl (C=O) groups excluding carboxylic acids is 2. The molecule has 2 aromatic rings. The van der Waals surface area contributed by atoms with Crippen LogP contribution in [0.1, 0.15) is 5.76 Å². The minimum atomic E-state index is -0.694. The molecule has 112 valence electrons. The first-order chi connectivity index (χ1) is 10.2. The molecule has 2 heterocycles. The van der Waals surface area contributed by atoms with Crippen LogP contribution in [0.3, 0.4) is 0 Å². The topological polar surface area (TPSA) is 80.6 Å². The van der Waals surface area contributed by atoms with E-state index in [1.54, 1.807) is 17.4 Å². The zero-order valence-corrected chi connectivity index (χ0v) is 12.4. The van der Waals surface area contributed by atoms with Crippen LogP contribution in [0.2, 0.25) is 0 Å². The molecule has 0 atom stereocenters. The summed E-state index contributed by atoms with van der Waals surface area (Å²) in [5.74, 6) is -0.0347. The van der Waals surface area contributed by atoms with Crippen LogP contribution in [0, 0.1) is 0 Å². The van der Waals surface area contributed by atoms with Gasteiger partial charge in [0.05, 0.1) is 18.0 Å². The van der Waals surface area contributed by atoms with Gasteiger partial charge in [-0.15, -0.1) is 11.3 Å². The maximum Gasteiger partial charge on any atom is 0.309 e. The summed E-state index contributed by atoms with van der Waals surface area (Å²) >= 11 is 1.57. The van der Waals surface area contributed by atoms with Crippen LogP contribution in [0.25, 0.3) is 10.6 Å². The molecule has 0 aliphatic rings. The number of nitrogens with one attached hydrogen (secondary N) is 2. The number of furan rings is 1. The smallest absolute Gasteiger partial charge is 0.309 e. The minimum absolute atomic E-state index is 0.169. The van der Waals surface area contributed by atoms with E-state index < -0.39 is 11.8 Å². The van der Waals surface area contributed by atoms with Gasteiger partial charge in [-0.25, -0.2) is 0 Å². The van der Waals surface area contributed by atoms with Gasteiger partial charge in [0.1, 0.15) is 11.5 Å². The normalized spacial score (nSPS) is 10.3. The Bertz CT molecular complexity index is 592. The Balaban J connectivity index is 1.80. The van der Waals surface area contributed by atoms with Crippen LogP contribution in [-0.2, 0) is 20.9 Å². The summed E-state index contributed by atoms with van der Waals surface area (Å²) < 4.78 is 10.4. The molecule has 0 aromatic carbocycles. The summed E-state index contributed by atoms with van der Waals surface area (Å²) in [4.78, 5) is 24.0. The summed E-state index contributed by atoms with van der Waals surface area (Å²) in [6.07, 6.45) is 0. The quantitative estimate of drug-likeness (QED) is 0.624. The Morgan fingerprint density at radius 1 is 1.24 bits per heavy atom. The zero-order valence-electron chi connectivity index (χ0n) is 11.5. The maximum atomic E-state index is 11.5. The zero-order chi connectivity index (χ0) is 15.1. The lowest BCUT2D eigenvalue weighted by Gasteiger charge is -2.04. The van der Waals surface area contributed by atoms with Crippen LogP contribution < -0.4 is 10.6 Å². The van der Waals surface area contributed by atoms with Gasteiger partial charge in [0.2, 0.25) is 0 Å². The van der Waals surface area contributed by atoms with Crippen LogP contribution in [0.5, 0.6) is 0 Å². The van der Waals surface area contributed by atoms with Crippen molar-refractivity contribution in [2.24, 2.45) is 0 Å². The van der Waals surface area contributed by atoms with Crippen molar-refractivity contribution in [3.8, 4) is 10.6 Å². The number of ether oxygens (including phenoxy) is 1. The Kier molecular flexibility index (Phi) is 5.53. The van der Waals surface area contributed by atoms with Gasteiger partial charge in [-0.1, -0.05) is 6.07 Å². The van der Waals surface area contributed by atoms with Crippen LogP contribution in [-0.4, -0.2) is 32.1 Å². The molecule has 0 spiro atoms. The predicted molar refractivity (Wildman–Crippen MR) is 78.8 cm³/mol. The second-order valence-electron chi connectivity index (χ2n) is 4.17. The van der Waals surface area contributed by atoms with Crippen molar-refractivity contribution in [1.29, 1.82) is 0 Å². The standard InChI is InChI=1S/C14H16N2O4S/c1-19-7-6-15-13(17)14(18)16-9-10-4-5-11(20-10)12-3-2-8-21-12/h2-5,8H,6-7,9H2,1H3,(H,15,17)(H,16,18). The van der Waals surface area contributed by atoms with Gasteiger partial charge in [0.25, 0.3) is 0 Å². The maximum absolute atomic E-state index is 11.5. The molecule has 0 bridgehead atoms. The molecule has 2 N–H and O–H groups in total. The molecule has 0 saturated heterocycles. The van der Waals surface area contributed by atoms with E-state index in [0.29, 0.717) is 18.9 Å². The first-order valence-corrected chi connectivity index (χ1v) is 7.26. The van der Waals surface area contributed by atoms with E-state index in [1.807, 2.05) is 23.6 Å². The predicted octanol–water partition coefficient (Wildman–Crippen LogP) is 1.39. The minimum Gasteiger partial charge on any atom is -0.458 e. The monoisotopic (exact) mass is 308 g/mol. The summed E-state index contributed by atoms with van der Waals surface area (Å²) in [5, 5.41) is 6.91. The van der Waals surface area contributed by atoms with Crippen molar-refractivity contribution < 1.29 is 18.7 Å². The third-order valence-electron chi connectivity index (χ3n) is 2.65. The van der Waals surface area contributed by atoms with Crippen LogP contribution >= 0.6 is 11.3 Å². The van der Waals surface area contributed by atoms with Crippen molar-refractivity contribution in [1.82, 2.24) is 10.6 Å². The highest BCUT2D eigenvalue weighted by Crippen LogP contribution is 2.26. The van der Waals surface area contributed by atoms with Crippen molar-refractivity contribution in [3.05, 3.63) is 35.4 Å². The Morgan fingerprint density at radius 3 is 2.76 bits per heavy atom. The molecule has 0 fully saturated rings. The highest BCUT2D eigenvalue weighted by Gasteiger charge is 2.13. The van der Waals surface area contributed by atoms with E-state index in [9.17, 15) is 9.59 Å². The van der Waals surface area contributed by atoms with Crippen molar-refractivity contribution in [2.75, 3.05) is 20.3 Å². The summed E-state index contributed by atoms with van der Waals surface area (Å²) in [7, 11) is 1.52. The fraction of sp³-hybridized carbons (Fsp3) is 0.286. The average molecular weight is 308 g/mol. The number of hydrogen-bond acceptors (Lipinski definition) is 5. The molecule has 6 nitrogen and oxygen atoms in total. The lowest BCUT2D eigenvalue weighted by Crippen LogP contribution is -2.40. The first kappa shape index (κ1) is 15.3. The lowest BCUT2D eigenvalue weighted by molar-refractivity contribution is -0.139. The molecule has 0 unspecified atom stereocenters. The molecule has 7 heteroatoms. The molecule has 0 radical (unpaired) electrons. The Labute approximate surface area is 126 Å². The number of carbonyl (C=O) groups is 2. The fourth-order valence-electron chi connectivity index (χ4n) is 1.62. The summed E-state index contributed by atoms with van der Waals surface area (Å²) in [6, 6.07) is 7.51. The number of amides is 2. The summed E-state index contributed by atoms with van der Waals surface area (Å²) in [5.41, 5.74) is 0. The Hall–Kier alpha value is -2.12. The molecule has 2 rings (SSSR count). The van der Waals surface area contributed by atoms with Crippen molar-refractivity contribution >= 4 is 23.2 Å². The first-order valence-electron chi connectivity index (χ1n) is 6.38. The van der Waals surface area contributed by atoms with Gasteiger partial charge < -0.3 is 19.8 Å². The fourth-order valence-corrected chi connectivity index (χ4v) is 2.31. The van der Waals surface area contributed by atoms with E-state index >= 15 is 0 Å². The molecule has 21 heavy (non-hydrogen) atoms. The van der Waals surface area contributed by atoms with Crippen LogP contribution in [0.4, 0.5) is 0 Å². The van der Waals surface area contributed by atoms with E-state index in [1.165, 1.54) is 7.11 Å². The van der Waals surface area contributed by atoms with Gasteiger partial charge in [0.15, 0.2) is 0 Å². The molecule has 2 amide bonds. The van der Waals surface area contributed by atoms with Gasteiger partial charge in [-0.2, -0.15) is 0 Å². The van der Waals surface area contributed by atoms with E-state index in [2.05, 4.69) is 10.6 Å². The number of thiophene rings is 1. The lowest BCUT2D eigenvalue weighted by atomic mass is 10.3. The highest BCUT2D eigenvalue weighted by molar-refractivity contribution is 7.13. The number of rotatable bonds is 6. The molecule has 0 aliphatic carbocycles. The van der Waals surface area contributed by atoms with Crippen LogP contribution in [0.15, 0.2) is 34.1 Å². The Morgan fingerprint density at radius 2 is 2.05 bits per heavy atom. The third kappa shape index (κ3) is 4.44. The average Bonchev–Trinajstić information content (AvgIpc) is 3.15. The van der Waals surface area contributed by atoms with Gasteiger partial charge >= 0.3 is 11.8 Å². The van der Waals surface area contributed by atoms with Gasteiger partial charge in [-0.05, 0) is 23.6 Å². The van der Waals surface area contributed by atoms with Gasteiger partial charge in [0, 0.05) is 13.7 Å². The largest absolute Gasteiger partial charge is 0.458 e. The molecule has 0 aliphatic heterocycles. The van der Waals surface area contributed by atoms with E-state index in [-0.39, 0.29) is 6.54 Å². The second-order valence-corrected chi connectivity index (χ2v) is 5.12. The highest BCUT2D eigenvalue weighted by atomic mass is 32.1. The molecule has 2 aromatic heterocycles. The molecular weight excluding hydrogens is 292 g/mol. The SMILES string of the molecule is COCCNC(=O)C(=O)NCc1ccc(-c2cccs2)o1. The molecule has 0 saturated carbocycles. The van der Waals surface area contributed by atoms with Crippen molar-refractivity contribution in [2.45, 2.75) is 6.54 Å². The van der Waals surface area contributed by atoms with E-state index in [0.717, 1.165) is 10.6 Å². The number of hydrogen-bond donors (Lipinski definition) is 2. The van der Waals surface area contributed by atoms with Gasteiger partial charge in [-0.3, -0.25) is 9.59 Å². The second kappa shape index (κ2) is 7.61. The number of methoxy groups -OCH3 is 1. The van der Waals surface area contributed by atoms with E-state index in [4.69, 9.17) is 9.15 Å². The molecular formula is C14H16N2O4S. The van der Waals surface area contributed by atoms with Crippen molar-refractivity contribution in [3.63, 3.8) is 0 Å². The third-order valence-corrected chi connectivity index (χ3v) is 3.53.